The van der Waals surface area contributed by atoms with Gasteiger partial charge < -0.3 is 10.7 Å². The molecule has 102 valence electrons. The van der Waals surface area contributed by atoms with Gasteiger partial charge in [0.2, 0.25) is 0 Å². The van der Waals surface area contributed by atoms with Crippen LogP contribution in [0.5, 0.6) is 0 Å². The van der Waals surface area contributed by atoms with E-state index in [0.717, 1.165) is 17.3 Å². The minimum atomic E-state index is 0.0446. The summed E-state index contributed by atoms with van der Waals surface area (Å²) < 4.78 is 0. The Balaban J connectivity index is 1.90. The van der Waals surface area contributed by atoms with Crippen LogP contribution in [0.15, 0.2) is 41.8 Å². The number of nitrogens with one attached hydrogen (secondary N) is 1. The minimum absolute atomic E-state index is 0.0446. The first-order valence-corrected chi connectivity index (χ1v) is 7.60. The van der Waals surface area contributed by atoms with Gasteiger partial charge in [-0.3, -0.25) is 0 Å². The number of thioether (sulfide) groups is 1. The second-order valence-electron chi connectivity index (χ2n) is 5.15. The number of imidazole rings is 1. The van der Waals surface area contributed by atoms with E-state index in [2.05, 4.69) is 48.1 Å². The van der Waals surface area contributed by atoms with Gasteiger partial charge in [0.05, 0.1) is 0 Å². The fourth-order valence-corrected chi connectivity index (χ4v) is 2.78. The Morgan fingerprint density at radius 3 is 2.58 bits per heavy atom. The summed E-state index contributed by atoms with van der Waals surface area (Å²) in [6, 6.07) is 8.71. The third-order valence-electron chi connectivity index (χ3n) is 2.92. The number of nitrogens with two attached hydrogens (primary N) is 1. The molecule has 2 aromatic rings. The van der Waals surface area contributed by atoms with Gasteiger partial charge in [-0.1, -0.05) is 49.9 Å². The minimum Gasteiger partial charge on any atom is -0.340 e. The fourth-order valence-electron chi connectivity index (χ4n) is 1.97. The average Bonchev–Trinajstić information content (AvgIpc) is 2.89. The van der Waals surface area contributed by atoms with Crippen molar-refractivity contribution < 1.29 is 0 Å². The number of H-pyrrole nitrogens is 1. The molecule has 0 radical (unpaired) electrons. The van der Waals surface area contributed by atoms with Crippen LogP contribution in [0.4, 0.5) is 0 Å². The molecule has 0 aliphatic heterocycles. The van der Waals surface area contributed by atoms with Crippen LogP contribution in [0.2, 0.25) is 0 Å². The second kappa shape index (κ2) is 6.78. The summed E-state index contributed by atoms with van der Waals surface area (Å²) in [4.78, 5) is 7.25. The largest absolute Gasteiger partial charge is 0.340 e. The van der Waals surface area contributed by atoms with Crippen molar-refractivity contribution in [3.8, 4) is 0 Å². The molecule has 1 atom stereocenters. The van der Waals surface area contributed by atoms with Crippen LogP contribution < -0.4 is 5.73 Å². The zero-order chi connectivity index (χ0) is 13.7. The number of hydrogen-bond donors (Lipinski definition) is 2. The third-order valence-corrected chi connectivity index (χ3v) is 3.95. The monoisotopic (exact) mass is 275 g/mol. The van der Waals surface area contributed by atoms with Crippen molar-refractivity contribution in [3.63, 3.8) is 0 Å². The quantitative estimate of drug-likeness (QED) is 0.794. The van der Waals surface area contributed by atoms with E-state index in [9.17, 15) is 0 Å². The van der Waals surface area contributed by atoms with Crippen molar-refractivity contribution in [2.24, 2.45) is 11.7 Å². The number of nitrogens with zero attached hydrogens (tertiary/aromatic N) is 1. The van der Waals surface area contributed by atoms with Gasteiger partial charge in [0, 0.05) is 24.2 Å². The molecule has 3 nitrogen and oxygen atoms in total. The lowest BCUT2D eigenvalue weighted by Gasteiger charge is -2.12. The average molecular weight is 275 g/mol. The van der Waals surface area contributed by atoms with Crippen molar-refractivity contribution in [2.75, 3.05) is 5.75 Å². The lowest BCUT2D eigenvalue weighted by Crippen LogP contribution is -2.13. The van der Waals surface area contributed by atoms with E-state index in [4.69, 9.17) is 5.73 Å². The maximum atomic E-state index is 6.20. The summed E-state index contributed by atoms with van der Waals surface area (Å²) in [5.74, 6) is 1.52. The first-order valence-electron chi connectivity index (χ1n) is 6.61. The molecule has 1 aromatic carbocycles. The van der Waals surface area contributed by atoms with Crippen LogP contribution in [0.3, 0.4) is 0 Å². The third kappa shape index (κ3) is 4.40. The zero-order valence-corrected chi connectivity index (χ0v) is 12.3. The molecule has 0 aliphatic rings. The van der Waals surface area contributed by atoms with Crippen molar-refractivity contribution in [1.82, 2.24) is 9.97 Å². The molecule has 3 N–H and O–H groups in total. The molecule has 4 heteroatoms. The highest BCUT2D eigenvalue weighted by Crippen LogP contribution is 2.21. The highest BCUT2D eigenvalue weighted by Gasteiger charge is 2.08. The van der Waals surface area contributed by atoms with E-state index in [-0.39, 0.29) is 6.04 Å². The van der Waals surface area contributed by atoms with Gasteiger partial charge in [-0.25, -0.2) is 4.98 Å². The molecule has 0 saturated heterocycles. The molecule has 1 aromatic heterocycles. The Labute approximate surface area is 119 Å². The predicted octanol–water partition coefficient (Wildman–Crippen LogP) is 3.40. The van der Waals surface area contributed by atoms with Gasteiger partial charge in [-0.2, -0.15) is 0 Å². The molecular formula is C15H21N3S. The lowest BCUT2D eigenvalue weighted by atomic mass is 10.0. The second-order valence-corrected chi connectivity index (χ2v) is 6.16. The maximum absolute atomic E-state index is 6.20. The molecule has 0 aliphatic carbocycles. The highest BCUT2D eigenvalue weighted by molar-refractivity contribution is 7.99. The molecule has 1 unspecified atom stereocenters. The maximum Gasteiger partial charge on any atom is 0.165 e. The van der Waals surface area contributed by atoms with Crippen LogP contribution in [-0.2, 0) is 6.42 Å². The van der Waals surface area contributed by atoms with E-state index in [1.165, 1.54) is 11.1 Å². The van der Waals surface area contributed by atoms with Crippen LogP contribution in [-0.4, -0.2) is 15.7 Å². The first-order chi connectivity index (χ1) is 9.15. The number of rotatable bonds is 6. The van der Waals surface area contributed by atoms with E-state index in [0.29, 0.717) is 5.92 Å². The fraction of sp³-hybridized carbons (Fsp3) is 0.400. The Hall–Kier alpha value is -1.26. The van der Waals surface area contributed by atoms with Gasteiger partial charge in [0.1, 0.15) is 0 Å². The van der Waals surface area contributed by atoms with Gasteiger partial charge in [0.15, 0.2) is 5.16 Å². The van der Waals surface area contributed by atoms with Crippen molar-refractivity contribution in [2.45, 2.75) is 31.5 Å². The van der Waals surface area contributed by atoms with E-state index < -0.39 is 0 Å². The molecule has 0 amide bonds. The summed E-state index contributed by atoms with van der Waals surface area (Å²) in [7, 11) is 0. The molecule has 0 fully saturated rings. The van der Waals surface area contributed by atoms with Gasteiger partial charge in [-0.15, -0.1) is 0 Å². The number of hydrogen-bond acceptors (Lipinski definition) is 3. The van der Waals surface area contributed by atoms with Crippen LogP contribution >= 0.6 is 11.8 Å². The molecule has 0 bridgehead atoms. The number of aromatic nitrogens is 2. The normalized spacial score (nSPS) is 12.8. The Morgan fingerprint density at radius 2 is 2.00 bits per heavy atom. The van der Waals surface area contributed by atoms with Gasteiger partial charge in [-0.05, 0) is 23.5 Å². The van der Waals surface area contributed by atoms with Gasteiger partial charge >= 0.3 is 0 Å². The predicted molar refractivity (Wildman–Crippen MR) is 81.2 cm³/mol. The number of benzene rings is 1. The summed E-state index contributed by atoms with van der Waals surface area (Å²) in [6.07, 6.45) is 4.71. The van der Waals surface area contributed by atoms with Crippen LogP contribution in [0.1, 0.15) is 31.0 Å². The standard InChI is InChI=1S/C15H21N3S/c1-11(2)9-12-3-5-13(6-4-12)14(16)10-19-15-17-7-8-18-15/h3-8,11,14H,9-10,16H2,1-2H3,(H,17,18). The highest BCUT2D eigenvalue weighted by atomic mass is 32.2. The van der Waals surface area contributed by atoms with Crippen molar-refractivity contribution >= 4 is 11.8 Å². The van der Waals surface area contributed by atoms with Crippen molar-refractivity contribution in [3.05, 3.63) is 47.8 Å². The van der Waals surface area contributed by atoms with E-state index >= 15 is 0 Å². The summed E-state index contributed by atoms with van der Waals surface area (Å²) in [6.45, 7) is 4.47. The smallest absolute Gasteiger partial charge is 0.165 e. The van der Waals surface area contributed by atoms with Crippen LogP contribution in [0, 0.1) is 5.92 Å². The Bertz CT molecular complexity index is 477. The molecule has 0 spiro atoms. The summed E-state index contributed by atoms with van der Waals surface area (Å²) in [5, 5.41) is 0.923. The van der Waals surface area contributed by atoms with Gasteiger partial charge in [0.25, 0.3) is 0 Å². The molecule has 19 heavy (non-hydrogen) atoms. The van der Waals surface area contributed by atoms with Crippen molar-refractivity contribution in [1.29, 1.82) is 0 Å². The molecular weight excluding hydrogens is 254 g/mol. The zero-order valence-electron chi connectivity index (χ0n) is 11.5. The van der Waals surface area contributed by atoms with E-state index in [1.54, 1.807) is 18.0 Å². The first kappa shape index (κ1) is 14.2. The molecule has 1 heterocycles. The van der Waals surface area contributed by atoms with Crippen LogP contribution in [0.25, 0.3) is 0 Å². The molecule has 0 saturated carbocycles. The lowest BCUT2D eigenvalue weighted by molar-refractivity contribution is 0.647. The van der Waals surface area contributed by atoms with E-state index in [1.807, 2.05) is 6.20 Å². The Morgan fingerprint density at radius 1 is 1.26 bits per heavy atom. The molecule has 2 rings (SSSR count). The Kier molecular flexibility index (Phi) is 5.05. The summed E-state index contributed by atoms with van der Waals surface area (Å²) >= 11 is 1.65. The summed E-state index contributed by atoms with van der Waals surface area (Å²) in [5.41, 5.74) is 8.77. The number of aromatic amines is 1. The SMILES string of the molecule is CC(C)Cc1ccc(C(N)CSc2ncc[nH]2)cc1. The topological polar surface area (TPSA) is 54.7 Å².